The first-order chi connectivity index (χ1) is 8.59. The van der Waals surface area contributed by atoms with Gasteiger partial charge in [0.25, 0.3) is 0 Å². The van der Waals surface area contributed by atoms with Gasteiger partial charge >= 0.3 is 0 Å². The van der Waals surface area contributed by atoms with Gasteiger partial charge in [0.15, 0.2) is 0 Å². The van der Waals surface area contributed by atoms with Crippen molar-refractivity contribution in [3.05, 3.63) is 11.6 Å². The van der Waals surface area contributed by atoms with Crippen molar-refractivity contribution in [2.24, 2.45) is 11.8 Å². The minimum Gasteiger partial charge on any atom is -0.371 e. The van der Waals surface area contributed by atoms with E-state index < -0.39 is 0 Å². The molecule has 0 unspecified atom stereocenters. The van der Waals surface area contributed by atoms with Crippen LogP contribution in [0.4, 0.5) is 0 Å². The smallest absolute Gasteiger partial charge is 0.0750 e. The molecule has 0 saturated carbocycles. The Balaban J connectivity index is 1.95. The summed E-state index contributed by atoms with van der Waals surface area (Å²) in [5.41, 5.74) is 1.75. The minimum atomic E-state index is 0.166. The Kier molecular flexibility index (Phi) is 4.53. The van der Waals surface area contributed by atoms with Crippen molar-refractivity contribution in [1.29, 1.82) is 0 Å². The fourth-order valence-corrected chi connectivity index (χ4v) is 3.65. The van der Waals surface area contributed by atoms with Crippen molar-refractivity contribution in [2.75, 3.05) is 0 Å². The summed E-state index contributed by atoms with van der Waals surface area (Å²) in [6.07, 6.45) is 12.0. The van der Waals surface area contributed by atoms with Crippen LogP contribution in [-0.4, -0.2) is 11.7 Å². The van der Waals surface area contributed by atoms with Gasteiger partial charge in [-0.1, -0.05) is 58.1 Å². The Morgan fingerprint density at radius 3 is 2.78 bits per heavy atom. The highest BCUT2D eigenvalue weighted by Crippen LogP contribution is 2.50. The Bertz CT molecular complexity index is 305. The van der Waals surface area contributed by atoms with Gasteiger partial charge in [-0.15, -0.1) is 0 Å². The van der Waals surface area contributed by atoms with E-state index in [0.29, 0.717) is 17.9 Å². The topological polar surface area (TPSA) is 9.23 Å². The average molecular weight is 250 g/mol. The van der Waals surface area contributed by atoms with Crippen LogP contribution < -0.4 is 0 Å². The zero-order chi connectivity index (χ0) is 13.2. The van der Waals surface area contributed by atoms with Crippen molar-refractivity contribution >= 4 is 0 Å². The summed E-state index contributed by atoms with van der Waals surface area (Å²) in [6, 6.07) is 0. The summed E-state index contributed by atoms with van der Waals surface area (Å²) >= 11 is 0. The second kappa shape index (κ2) is 5.77. The Morgan fingerprint density at radius 2 is 2.11 bits per heavy atom. The first-order valence-corrected chi connectivity index (χ1v) is 7.93. The van der Waals surface area contributed by atoms with Gasteiger partial charge in [0.05, 0.1) is 11.7 Å². The summed E-state index contributed by atoms with van der Waals surface area (Å²) in [7, 11) is 0. The molecule has 0 radical (unpaired) electrons. The van der Waals surface area contributed by atoms with Gasteiger partial charge in [-0.3, -0.25) is 0 Å². The van der Waals surface area contributed by atoms with E-state index in [1.807, 2.05) is 0 Å². The van der Waals surface area contributed by atoms with Crippen LogP contribution in [0.15, 0.2) is 11.6 Å². The van der Waals surface area contributed by atoms with Crippen LogP contribution in [0, 0.1) is 11.8 Å². The van der Waals surface area contributed by atoms with E-state index in [0.717, 1.165) is 6.42 Å². The van der Waals surface area contributed by atoms with Gasteiger partial charge in [0, 0.05) is 5.92 Å². The lowest BCUT2D eigenvalue weighted by Gasteiger charge is -2.34. The van der Waals surface area contributed by atoms with Crippen molar-refractivity contribution in [1.82, 2.24) is 0 Å². The predicted molar refractivity (Wildman–Crippen MR) is 77.7 cm³/mol. The second-order valence-electron chi connectivity index (χ2n) is 6.69. The van der Waals surface area contributed by atoms with E-state index in [2.05, 4.69) is 33.8 Å². The van der Waals surface area contributed by atoms with Crippen LogP contribution in [0.25, 0.3) is 0 Å². The summed E-state index contributed by atoms with van der Waals surface area (Å²) < 4.78 is 6.53. The van der Waals surface area contributed by atoms with E-state index in [-0.39, 0.29) is 5.60 Å². The van der Waals surface area contributed by atoms with Crippen LogP contribution in [0.5, 0.6) is 0 Å². The maximum Gasteiger partial charge on any atom is 0.0750 e. The molecule has 0 aromatic carbocycles. The minimum absolute atomic E-state index is 0.166. The van der Waals surface area contributed by atoms with Crippen molar-refractivity contribution in [3.8, 4) is 0 Å². The lowest BCUT2D eigenvalue weighted by atomic mass is 9.74. The Labute approximate surface area is 113 Å². The summed E-state index contributed by atoms with van der Waals surface area (Å²) in [6.45, 7) is 9.23. The monoisotopic (exact) mass is 250 g/mol. The normalized spacial score (nSPS) is 35.1. The zero-order valence-electron chi connectivity index (χ0n) is 12.7. The molecular formula is C17H30O. The lowest BCUT2D eigenvalue weighted by molar-refractivity contribution is -0.0719. The number of ether oxygens (including phenoxy) is 1. The lowest BCUT2D eigenvalue weighted by Crippen LogP contribution is -2.35. The van der Waals surface area contributed by atoms with E-state index in [9.17, 15) is 0 Å². The fourth-order valence-electron chi connectivity index (χ4n) is 3.65. The molecule has 1 fully saturated rings. The quantitative estimate of drug-likeness (QED) is 0.470. The standard InChI is InChI=1S/C17H30O/c1-5-6-7-8-9-16-15-12-17(18-16,13(2)3)11-10-14(15)4/h10,13,15-16H,5-9,11-12H2,1-4H3/t15-,16+,17-/m1/s1. The zero-order valence-corrected chi connectivity index (χ0v) is 12.7. The van der Waals surface area contributed by atoms with Crippen molar-refractivity contribution in [3.63, 3.8) is 0 Å². The van der Waals surface area contributed by atoms with Gasteiger partial charge in [-0.2, -0.15) is 0 Å². The molecule has 1 heterocycles. The molecule has 0 amide bonds. The second-order valence-corrected chi connectivity index (χ2v) is 6.69. The van der Waals surface area contributed by atoms with Crippen molar-refractivity contribution < 1.29 is 4.74 Å². The summed E-state index contributed by atoms with van der Waals surface area (Å²) in [4.78, 5) is 0. The number of hydrogen-bond donors (Lipinski definition) is 0. The van der Waals surface area contributed by atoms with Gasteiger partial charge in [0.1, 0.15) is 0 Å². The Morgan fingerprint density at radius 1 is 1.33 bits per heavy atom. The molecule has 2 rings (SSSR count). The van der Waals surface area contributed by atoms with E-state index in [4.69, 9.17) is 4.74 Å². The molecule has 3 atom stereocenters. The Hall–Kier alpha value is -0.300. The van der Waals surface area contributed by atoms with Crippen LogP contribution >= 0.6 is 0 Å². The fraction of sp³-hybridized carbons (Fsp3) is 0.882. The van der Waals surface area contributed by atoms with Crippen LogP contribution in [0.2, 0.25) is 0 Å². The number of fused-ring (bicyclic) bond motifs is 2. The van der Waals surface area contributed by atoms with Crippen molar-refractivity contribution in [2.45, 2.75) is 84.3 Å². The molecule has 0 aromatic rings. The van der Waals surface area contributed by atoms with Gasteiger partial charge in [-0.25, -0.2) is 0 Å². The summed E-state index contributed by atoms with van der Waals surface area (Å²) in [5, 5.41) is 0. The third kappa shape index (κ3) is 2.66. The van der Waals surface area contributed by atoms with E-state index in [1.165, 1.54) is 38.5 Å². The predicted octanol–water partition coefficient (Wildman–Crippen LogP) is 5.11. The molecule has 104 valence electrons. The largest absolute Gasteiger partial charge is 0.371 e. The van der Waals surface area contributed by atoms with E-state index in [1.54, 1.807) is 5.57 Å². The molecule has 1 heteroatoms. The van der Waals surface area contributed by atoms with Crippen LogP contribution in [0.3, 0.4) is 0 Å². The molecule has 2 aliphatic rings. The molecule has 0 aromatic heterocycles. The highest BCUT2D eigenvalue weighted by molar-refractivity contribution is 5.19. The molecule has 18 heavy (non-hydrogen) atoms. The molecule has 1 aliphatic carbocycles. The molecule has 0 N–H and O–H groups in total. The maximum atomic E-state index is 6.53. The highest BCUT2D eigenvalue weighted by atomic mass is 16.5. The third-order valence-corrected chi connectivity index (χ3v) is 5.15. The number of rotatable bonds is 6. The maximum absolute atomic E-state index is 6.53. The highest BCUT2D eigenvalue weighted by Gasteiger charge is 2.49. The number of hydrogen-bond acceptors (Lipinski definition) is 1. The number of unbranched alkanes of at least 4 members (excludes halogenated alkanes) is 3. The van der Waals surface area contributed by atoms with Gasteiger partial charge in [-0.05, 0) is 32.1 Å². The van der Waals surface area contributed by atoms with Gasteiger partial charge in [0.2, 0.25) is 0 Å². The van der Waals surface area contributed by atoms with E-state index >= 15 is 0 Å². The van der Waals surface area contributed by atoms with Crippen LogP contribution in [0.1, 0.15) is 72.6 Å². The summed E-state index contributed by atoms with van der Waals surface area (Å²) in [5.74, 6) is 1.35. The molecule has 2 bridgehead atoms. The molecular weight excluding hydrogens is 220 g/mol. The van der Waals surface area contributed by atoms with Crippen LogP contribution in [-0.2, 0) is 4.74 Å². The molecule has 1 aliphatic heterocycles. The molecule has 1 nitrogen and oxygen atoms in total. The molecule has 1 saturated heterocycles. The first-order valence-electron chi connectivity index (χ1n) is 7.93. The third-order valence-electron chi connectivity index (χ3n) is 5.15. The molecule has 0 spiro atoms. The first kappa shape index (κ1) is 14.1. The van der Waals surface area contributed by atoms with Gasteiger partial charge < -0.3 is 4.74 Å². The SMILES string of the molecule is CCCCCC[C@@H]1O[C@]2(C(C)C)CC=C(C)[C@H]1C2. The average Bonchev–Trinajstić information content (AvgIpc) is 2.66.